The highest BCUT2D eigenvalue weighted by Crippen LogP contribution is 2.44. The summed E-state index contributed by atoms with van der Waals surface area (Å²) in [6.45, 7) is 4.37. The minimum absolute atomic E-state index is 0.524. The fraction of sp³-hybridized carbons (Fsp3) is 0.935. The Morgan fingerprint density at radius 1 is 0.514 bits per heavy atom. The van der Waals surface area contributed by atoms with Crippen molar-refractivity contribution in [3.05, 3.63) is 12.2 Å². The minimum atomic E-state index is -2.42. The molecule has 35 heavy (non-hydrogen) atoms. The van der Waals surface area contributed by atoms with E-state index in [1.54, 1.807) is 0 Å². The molecule has 0 fully saturated rings. The molecule has 0 saturated carbocycles. The van der Waals surface area contributed by atoms with Crippen LogP contribution in [0.15, 0.2) is 12.2 Å². The fourth-order valence-corrected chi connectivity index (χ4v) is 6.58. The molecule has 0 bridgehead atoms. The summed E-state index contributed by atoms with van der Waals surface area (Å²) in [4.78, 5) is 0. The second-order valence-electron chi connectivity index (χ2n) is 11.8. The quantitative estimate of drug-likeness (QED) is 0.0500. The van der Waals surface area contributed by atoms with Gasteiger partial charge in [0.15, 0.2) is 0 Å². The van der Waals surface area contributed by atoms with Gasteiger partial charge in [0.05, 0.1) is 21.1 Å². The third kappa shape index (κ3) is 17.6. The molecule has 0 N–H and O–H groups in total. The van der Waals surface area contributed by atoms with Crippen molar-refractivity contribution in [3.8, 4) is 0 Å². The summed E-state index contributed by atoms with van der Waals surface area (Å²) in [5.41, 5.74) is 0. The van der Waals surface area contributed by atoms with Crippen molar-refractivity contribution in [1.29, 1.82) is 0 Å². The van der Waals surface area contributed by atoms with Crippen LogP contribution in [0.25, 0.3) is 0 Å². The molecule has 0 spiro atoms. The average Bonchev–Trinajstić information content (AvgIpc) is 2.80. The van der Waals surface area contributed by atoms with Crippen molar-refractivity contribution >= 4 is 7.68 Å². The van der Waals surface area contributed by atoms with Gasteiger partial charge in [-0.05, 0) is 38.5 Å². The lowest BCUT2D eigenvalue weighted by molar-refractivity contribution is -0.908. The van der Waals surface area contributed by atoms with Crippen LogP contribution >= 0.6 is 7.68 Å². The smallest absolute Gasteiger partial charge is 0.314 e. The maximum Gasteiger partial charge on any atom is 0.378 e. The van der Waals surface area contributed by atoms with Crippen molar-refractivity contribution in [2.24, 2.45) is 0 Å². The Hall–Kier alpha value is -0.400. The third-order valence-electron chi connectivity index (χ3n) is 7.83. The molecular formula is C31H63NO2P+. The first-order chi connectivity index (χ1) is 16.8. The topological polar surface area (TPSA) is 34.1 Å². The second-order valence-corrected chi connectivity index (χ2v) is 13.2. The number of quaternary nitrogens is 1. The standard InChI is InChI=1S/C31H63NO2P/c1-6-8-9-10-11-12-13-14-15-16-17-18-19-20-21-22-23-24-25-26-27-28-30-31(29-7-2,35(33)34)32(3,4)5/h12-13H,6-11,14-30H2,1-5H3/q+1. The highest BCUT2D eigenvalue weighted by Gasteiger charge is 2.47. The summed E-state index contributed by atoms with van der Waals surface area (Å²) in [6.07, 6.45) is 34.1. The van der Waals surface area contributed by atoms with Gasteiger partial charge in [0.25, 0.3) is 0 Å². The average molecular weight is 513 g/mol. The molecule has 3 nitrogen and oxygen atoms in total. The van der Waals surface area contributed by atoms with Crippen molar-refractivity contribution in [2.45, 2.75) is 167 Å². The Morgan fingerprint density at radius 3 is 1.23 bits per heavy atom. The van der Waals surface area contributed by atoms with Gasteiger partial charge in [-0.2, -0.15) is 0 Å². The number of hydrogen-bond acceptors (Lipinski definition) is 2. The Morgan fingerprint density at radius 2 is 0.886 bits per heavy atom. The summed E-state index contributed by atoms with van der Waals surface area (Å²) >= 11 is 0. The molecule has 0 amide bonds. The van der Waals surface area contributed by atoms with E-state index in [1.165, 1.54) is 122 Å². The summed E-state index contributed by atoms with van der Waals surface area (Å²) < 4.78 is 24.8. The van der Waals surface area contributed by atoms with E-state index in [2.05, 4.69) is 26.0 Å². The largest absolute Gasteiger partial charge is 0.378 e. The minimum Gasteiger partial charge on any atom is -0.314 e. The molecule has 0 aromatic rings. The van der Waals surface area contributed by atoms with Crippen LogP contribution in [0.5, 0.6) is 0 Å². The lowest BCUT2D eigenvalue weighted by atomic mass is 9.99. The Balaban J connectivity index is 3.52. The van der Waals surface area contributed by atoms with Crippen LogP contribution in [-0.4, -0.2) is 30.9 Å². The zero-order chi connectivity index (χ0) is 26.3. The SMILES string of the molecule is CCCCCCC=CCCCCCCCCCCCCCCCCC(CCC)(P(=O)=O)[N+](C)(C)C. The highest BCUT2D eigenvalue weighted by atomic mass is 31.1. The van der Waals surface area contributed by atoms with Gasteiger partial charge in [-0.15, -0.1) is 0 Å². The van der Waals surface area contributed by atoms with Crippen LogP contribution < -0.4 is 0 Å². The molecule has 4 heteroatoms. The molecule has 0 aliphatic heterocycles. The molecule has 0 heterocycles. The van der Waals surface area contributed by atoms with Crippen molar-refractivity contribution in [2.75, 3.05) is 21.1 Å². The van der Waals surface area contributed by atoms with E-state index in [9.17, 15) is 9.13 Å². The van der Waals surface area contributed by atoms with Crippen LogP contribution in [0, 0.1) is 0 Å². The van der Waals surface area contributed by atoms with E-state index in [1.807, 2.05) is 21.1 Å². The van der Waals surface area contributed by atoms with Crippen LogP contribution in [0.1, 0.15) is 162 Å². The van der Waals surface area contributed by atoms with E-state index in [0.717, 1.165) is 25.7 Å². The molecule has 0 radical (unpaired) electrons. The van der Waals surface area contributed by atoms with Gasteiger partial charge < -0.3 is 4.48 Å². The zero-order valence-corrected chi connectivity index (χ0v) is 25.5. The normalized spacial score (nSPS) is 14.0. The Labute approximate surface area is 221 Å². The predicted octanol–water partition coefficient (Wildman–Crippen LogP) is 11.1. The lowest BCUT2D eigenvalue weighted by Crippen LogP contribution is -2.53. The van der Waals surface area contributed by atoms with E-state index >= 15 is 0 Å². The van der Waals surface area contributed by atoms with Gasteiger partial charge in [-0.1, -0.05) is 122 Å². The molecule has 0 aliphatic rings. The van der Waals surface area contributed by atoms with Gasteiger partial charge in [0, 0.05) is 12.8 Å². The molecule has 0 aliphatic carbocycles. The fourth-order valence-electron chi connectivity index (χ4n) is 5.34. The molecule has 0 aromatic carbocycles. The number of hydrogen-bond donors (Lipinski definition) is 0. The van der Waals surface area contributed by atoms with E-state index < -0.39 is 13.0 Å². The van der Waals surface area contributed by atoms with E-state index in [0.29, 0.717) is 4.48 Å². The van der Waals surface area contributed by atoms with Crippen LogP contribution in [-0.2, 0) is 9.13 Å². The molecule has 208 valence electrons. The highest BCUT2D eigenvalue weighted by molar-refractivity contribution is 7.32. The first kappa shape index (κ1) is 34.6. The summed E-state index contributed by atoms with van der Waals surface area (Å²) in [5, 5.41) is -0.589. The van der Waals surface area contributed by atoms with Gasteiger partial charge in [0.1, 0.15) is 0 Å². The van der Waals surface area contributed by atoms with Gasteiger partial charge in [0.2, 0.25) is 5.28 Å². The number of unbranched alkanes of at least 4 members (excludes halogenated alkanes) is 18. The summed E-state index contributed by atoms with van der Waals surface area (Å²) in [5.74, 6) is 0. The summed E-state index contributed by atoms with van der Waals surface area (Å²) in [7, 11) is 3.69. The monoisotopic (exact) mass is 512 g/mol. The van der Waals surface area contributed by atoms with Crippen molar-refractivity contribution < 1.29 is 13.6 Å². The van der Waals surface area contributed by atoms with Crippen molar-refractivity contribution in [1.82, 2.24) is 0 Å². The van der Waals surface area contributed by atoms with Crippen molar-refractivity contribution in [3.63, 3.8) is 0 Å². The number of nitrogens with zero attached hydrogens (tertiary/aromatic N) is 1. The molecule has 0 saturated heterocycles. The maximum atomic E-state index is 12.1. The molecular weight excluding hydrogens is 449 g/mol. The first-order valence-corrected chi connectivity index (χ1v) is 16.6. The first-order valence-electron chi connectivity index (χ1n) is 15.4. The Kier molecular flexibility index (Phi) is 22.5. The molecule has 1 unspecified atom stereocenters. The lowest BCUT2D eigenvalue weighted by Gasteiger charge is -2.41. The van der Waals surface area contributed by atoms with Gasteiger partial charge in [-0.25, -0.2) is 9.13 Å². The number of allylic oxidation sites excluding steroid dienone is 2. The zero-order valence-electron chi connectivity index (χ0n) is 24.6. The van der Waals surface area contributed by atoms with E-state index in [-0.39, 0.29) is 0 Å². The van der Waals surface area contributed by atoms with Gasteiger partial charge in [-0.3, -0.25) is 0 Å². The molecule has 1 atom stereocenters. The molecule has 0 rings (SSSR count). The Bertz CT molecular complexity index is 557. The second kappa shape index (κ2) is 22.8. The van der Waals surface area contributed by atoms with Crippen LogP contribution in [0.4, 0.5) is 0 Å². The van der Waals surface area contributed by atoms with Gasteiger partial charge >= 0.3 is 7.68 Å². The van der Waals surface area contributed by atoms with E-state index in [4.69, 9.17) is 0 Å². The maximum absolute atomic E-state index is 12.1. The van der Waals surface area contributed by atoms with Crippen LogP contribution in [0.2, 0.25) is 0 Å². The predicted molar refractivity (Wildman–Crippen MR) is 156 cm³/mol. The number of rotatable bonds is 26. The molecule has 0 aromatic heterocycles. The third-order valence-corrected chi connectivity index (χ3v) is 9.55. The summed E-state index contributed by atoms with van der Waals surface area (Å²) in [6, 6.07) is 0. The van der Waals surface area contributed by atoms with Crippen LogP contribution in [0.3, 0.4) is 0 Å².